The monoisotopic (exact) mass is 260 g/mol. The van der Waals surface area contributed by atoms with Crippen molar-refractivity contribution in [2.45, 2.75) is 25.8 Å². The molecule has 1 aromatic rings. The highest BCUT2D eigenvalue weighted by Gasteiger charge is 2.06. The van der Waals surface area contributed by atoms with Gasteiger partial charge in [-0.3, -0.25) is 0 Å². The Labute approximate surface area is 106 Å². The Morgan fingerprint density at radius 1 is 1.18 bits per heavy atom. The Hall–Kier alpha value is -1.18. The zero-order valence-electron chi connectivity index (χ0n) is 9.38. The molecule has 1 aromatic carbocycles. The number of benzene rings is 1. The quantitative estimate of drug-likeness (QED) is 0.798. The van der Waals surface area contributed by atoms with Crippen LogP contribution in [0.4, 0.5) is 8.78 Å². The fraction of sp³-hybridized carbons (Fsp3) is 0.417. The van der Waals surface area contributed by atoms with E-state index in [4.69, 9.17) is 5.26 Å². The largest absolute Gasteiger partial charge is 0.312 e. The lowest BCUT2D eigenvalue weighted by molar-refractivity contribution is 0.530. The van der Waals surface area contributed by atoms with E-state index in [1.165, 1.54) is 18.2 Å². The maximum atomic E-state index is 13.2. The molecular formula is C12H15ClF2N2. The molecule has 0 aliphatic rings. The Morgan fingerprint density at radius 2 is 1.82 bits per heavy atom. The second-order valence-corrected chi connectivity index (χ2v) is 3.49. The summed E-state index contributed by atoms with van der Waals surface area (Å²) in [5, 5.41) is 11.3. The summed E-state index contributed by atoms with van der Waals surface area (Å²) in [5.74, 6) is -1.05. The van der Waals surface area contributed by atoms with Gasteiger partial charge in [0.1, 0.15) is 11.6 Å². The van der Waals surface area contributed by atoms with Gasteiger partial charge in [-0.2, -0.15) is 5.26 Å². The zero-order chi connectivity index (χ0) is 11.8. The van der Waals surface area contributed by atoms with Crippen molar-refractivity contribution in [2.75, 3.05) is 6.54 Å². The van der Waals surface area contributed by atoms with Gasteiger partial charge in [0.05, 0.1) is 6.07 Å². The van der Waals surface area contributed by atoms with Gasteiger partial charge < -0.3 is 5.32 Å². The molecule has 0 unspecified atom stereocenters. The minimum absolute atomic E-state index is 0. The lowest BCUT2D eigenvalue weighted by Crippen LogP contribution is -2.16. The van der Waals surface area contributed by atoms with Crippen LogP contribution in [0.1, 0.15) is 24.8 Å². The third-order valence-corrected chi connectivity index (χ3v) is 2.26. The maximum Gasteiger partial charge on any atom is 0.130 e. The van der Waals surface area contributed by atoms with Gasteiger partial charge in [-0.25, -0.2) is 8.78 Å². The molecule has 0 aliphatic carbocycles. The van der Waals surface area contributed by atoms with E-state index in [0.717, 1.165) is 12.8 Å². The predicted octanol–water partition coefficient (Wildman–Crippen LogP) is 3.17. The number of rotatable bonds is 6. The summed E-state index contributed by atoms with van der Waals surface area (Å²) in [6, 6.07) is 5.89. The van der Waals surface area contributed by atoms with E-state index >= 15 is 0 Å². The second kappa shape index (κ2) is 8.91. The summed E-state index contributed by atoms with van der Waals surface area (Å²) in [6.07, 6.45) is 2.17. The topological polar surface area (TPSA) is 35.8 Å². The zero-order valence-corrected chi connectivity index (χ0v) is 10.2. The molecule has 0 spiro atoms. The lowest BCUT2D eigenvalue weighted by atomic mass is 10.2. The molecule has 0 aliphatic heterocycles. The average molecular weight is 261 g/mol. The van der Waals surface area contributed by atoms with Gasteiger partial charge in [-0.05, 0) is 31.5 Å². The van der Waals surface area contributed by atoms with Crippen LogP contribution in [0.2, 0.25) is 0 Å². The first kappa shape index (κ1) is 15.8. The molecule has 5 heteroatoms. The van der Waals surface area contributed by atoms with Crippen LogP contribution in [0.5, 0.6) is 0 Å². The smallest absolute Gasteiger partial charge is 0.130 e. The van der Waals surface area contributed by atoms with E-state index in [2.05, 4.69) is 5.32 Å². The highest BCUT2D eigenvalue weighted by Crippen LogP contribution is 2.11. The first-order valence-electron chi connectivity index (χ1n) is 5.26. The lowest BCUT2D eigenvalue weighted by Gasteiger charge is -2.06. The van der Waals surface area contributed by atoms with Crippen molar-refractivity contribution in [3.05, 3.63) is 35.4 Å². The number of unbranched alkanes of at least 4 members (excludes halogenated alkanes) is 2. The summed E-state index contributed by atoms with van der Waals surface area (Å²) in [6.45, 7) is 0.848. The third kappa shape index (κ3) is 5.62. The summed E-state index contributed by atoms with van der Waals surface area (Å²) < 4.78 is 26.3. The Kier molecular flexibility index (Phi) is 8.29. The molecule has 17 heavy (non-hydrogen) atoms. The third-order valence-electron chi connectivity index (χ3n) is 2.26. The van der Waals surface area contributed by atoms with Gasteiger partial charge in [-0.1, -0.05) is 6.07 Å². The number of nitrogens with one attached hydrogen (secondary N) is 1. The first-order chi connectivity index (χ1) is 7.75. The van der Waals surface area contributed by atoms with Crippen molar-refractivity contribution in [3.8, 4) is 6.07 Å². The standard InChI is InChI=1S/C12H14F2N2.ClH/c13-11-5-4-6-12(14)10(11)9-16-8-3-1-2-7-15;/h4-6,16H,1-3,8-9H2;1H. The SMILES string of the molecule is Cl.N#CCCCCNCc1c(F)cccc1F. The highest BCUT2D eigenvalue weighted by atomic mass is 35.5. The van der Waals surface area contributed by atoms with Crippen LogP contribution in [-0.4, -0.2) is 6.54 Å². The molecule has 2 nitrogen and oxygen atoms in total. The molecular weight excluding hydrogens is 246 g/mol. The van der Waals surface area contributed by atoms with E-state index in [0.29, 0.717) is 13.0 Å². The fourth-order valence-corrected chi connectivity index (χ4v) is 1.37. The van der Waals surface area contributed by atoms with Crippen LogP contribution in [0.15, 0.2) is 18.2 Å². The van der Waals surface area contributed by atoms with Crippen molar-refractivity contribution in [3.63, 3.8) is 0 Å². The summed E-state index contributed by atoms with van der Waals surface area (Å²) in [7, 11) is 0. The van der Waals surface area contributed by atoms with E-state index in [9.17, 15) is 8.78 Å². The minimum Gasteiger partial charge on any atom is -0.312 e. The van der Waals surface area contributed by atoms with Gasteiger partial charge in [-0.15, -0.1) is 12.4 Å². The molecule has 0 saturated carbocycles. The number of nitrogens with zero attached hydrogens (tertiary/aromatic N) is 1. The molecule has 0 saturated heterocycles. The molecule has 94 valence electrons. The molecule has 0 heterocycles. The molecule has 1 N–H and O–H groups in total. The first-order valence-corrected chi connectivity index (χ1v) is 5.26. The Morgan fingerprint density at radius 3 is 2.41 bits per heavy atom. The van der Waals surface area contributed by atoms with Crippen molar-refractivity contribution in [2.24, 2.45) is 0 Å². The summed E-state index contributed by atoms with van der Waals surface area (Å²) >= 11 is 0. The van der Waals surface area contributed by atoms with Crippen LogP contribution in [0.3, 0.4) is 0 Å². The molecule has 0 fully saturated rings. The maximum absolute atomic E-state index is 13.2. The molecule has 0 radical (unpaired) electrons. The van der Waals surface area contributed by atoms with E-state index in [1.54, 1.807) is 0 Å². The molecule has 0 bridgehead atoms. The van der Waals surface area contributed by atoms with Gasteiger partial charge >= 0.3 is 0 Å². The van der Waals surface area contributed by atoms with Gasteiger partial charge in [0.15, 0.2) is 0 Å². The van der Waals surface area contributed by atoms with Gasteiger partial charge in [0.25, 0.3) is 0 Å². The summed E-state index contributed by atoms with van der Waals surface area (Å²) in [4.78, 5) is 0. The number of hydrogen-bond acceptors (Lipinski definition) is 2. The van der Waals surface area contributed by atoms with E-state index < -0.39 is 11.6 Å². The van der Waals surface area contributed by atoms with Crippen LogP contribution < -0.4 is 5.32 Å². The highest BCUT2D eigenvalue weighted by molar-refractivity contribution is 5.85. The van der Waals surface area contributed by atoms with Crippen LogP contribution >= 0.6 is 12.4 Å². The number of halogens is 3. The van der Waals surface area contributed by atoms with Crippen molar-refractivity contribution < 1.29 is 8.78 Å². The van der Waals surface area contributed by atoms with Crippen molar-refractivity contribution >= 4 is 12.4 Å². The summed E-state index contributed by atoms with van der Waals surface area (Å²) in [5.41, 5.74) is 0.0720. The molecule has 0 aromatic heterocycles. The van der Waals surface area contributed by atoms with Crippen LogP contribution in [0, 0.1) is 23.0 Å². The predicted molar refractivity (Wildman–Crippen MR) is 64.8 cm³/mol. The minimum atomic E-state index is -0.524. The number of hydrogen-bond donors (Lipinski definition) is 1. The van der Waals surface area contributed by atoms with Crippen LogP contribution in [-0.2, 0) is 6.54 Å². The number of nitriles is 1. The van der Waals surface area contributed by atoms with Crippen LogP contribution in [0.25, 0.3) is 0 Å². The van der Waals surface area contributed by atoms with Gasteiger partial charge in [0.2, 0.25) is 0 Å². The normalized spacial score (nSPS) is 9.47. The molecule has 1 rings (SSSR count). The molecule has 0 atom stereocenters. The Balaban J connectivity index is 0.00000256. The van der Waals surface area contributed by atoms with Crippen molar-refractivity contribution in [1.82, 2.24) is 5.32 Å². The van der Waals surface area contributed by atoms with E-state index in [1.807, 2.05) is 6.07 Å². The van der Waals surface area contributed by atoms with E-state index in [-0.39, 0.29) is 24.5 Å². The second-order valence-electron chi connectivity index (χ2n) is 3.49. The molecule has 0 amide bonds. The Bertz CT molecular complexity index is 357. The fourth-order valence-electron chi connectivity index (χ4n) is 1.37. The van der Waals surface area contributed by atoms with Crippen molar-refractivity contribution in [1.29, 1.82) is 5.26 Å². The average Bonchev–Trinajstić information content (AvgIpc) is 2.26. The van der Waals surface area contributed by atoms with Gasteiger partial charge in [0, 0.05) is 18.5 Å².